The number of unbranched alkanes of at least 4 members (excludes halogenated alkanes) is 23. The highest BCUT2D eigenvalue weighted by Crippen LogP contribution is 2.33. The lowest BCUT2D eigenvalue weighted by atomic mass is 10.0. The number of ether oxygens (including phenoxy) is 3. The van der Waals surface area contributed by atoms with Crippen LogP contribution in [-0.2, 0) is 0 Å². The van der Waals surface area contributed by atoms with Crippen LogP contribution < -0.4 is 14.2 Å². The number of rotatable bonds is 40. The van der Waals surface area contributed by atoms with Crippen molar-refractivity contribution in [3.05, 3.63) is 154 Å². The quantitative estimate of drug-likeness (QED) is 0.0314. The molecule has 0 spiro atoms. The van der Waals surface area contributed by atoms with Crippen molar-refractivity contribution in [2.75, 3.05) is 19.8 Å². The normalized spacial score (nSPS) is 11.8. The molecule has 0 aliphatic heterocycles. The number of aromatic hydroxyl groups is 1. The predicted octanol–water partition coefficient (Wildman–Crippen LogP) is 21.4. The van der Waals surface area contributed by atoms with E-state index in [4.69, 9.17) is 14.2 Å². The van der Waals surface area contributed by atoms with Crippen LogP contribution >= 0.6 is 0 Å². The molecule has 74 heavy (non-hydrogen) atoms. The highest BCUT2D eigenvalue weighted by molar-refractivity contribution is 5.80. The van der Waals surface area contributed by atoms with Gasteiger partial charge in [-0.05, 0) is 89.0 Å². The van der Waals surface area contributed by atoms with Crippen molar-refractivity contribution in [2.45, 2.75) is 188 Å². The second kappa shape index (κ2) is 37.9. The molecule has 0 fully saturated rings. The van der Waals surface area contributed by atoms with E-state index in [0.29, 0.717) is 13.2 Å². The Morgan fingerprint density at radius 1 is 0.284 bits per heavy atom. The summed E-state index contributed by atoms with van der Waals surface area (Å²) in [4.78, 5) is 0. The van der Waals surface area contributed by atoms with Crippen LogP contribution in [0.3, 0.4) is 0 Å². The lowest BCUT2D eigenvalue weighted by Crippen LogP contribution is -2.03. The van der Waals surface area contributed by atoms with E-state index in [1.54, 1.807) is 12.1 Å². The van der Waals surface area contributed by atoms with Gasteiger partial charge in [0, 0.05) is 11.1 Å². The Balaban J connectivity index is 1.28. The molecule has 0 saturated heterocycles. The van der Waals surface area contributed by atoms with Crippen molar-refractivity contribution in [3.8, 4) is 23.0 Å². The van der Waals surface area contributed by atoms with Gasteiger partial charge in [0.05, 0.1) is 19.8 Å². The van der Waals surface area contributed by atoms with Crippen LogP contribution in [0.15, 0.2) is 109 Å². The topological polar surface area (TPSA) is 47.9 Å². The first-order valence-corrected chi connectivity index (χ1v) is 29.4. The van der Waals surface area contributed by atoms with Crippen molar-refractivity contribution in [3.63, 3.8) is 0 Å². The molecule has 5 aromatic carbocycles. The molecular weight excluding hydrogens is 905 g/mol. The Morgan fingerprint density at radius 2 is 0.527 bits per heavy atom. The Labute approximate surface area is 450 Å². The molecule has 4 heteroatoms. The average molecular weight is 1000 g/mol. The molecule has 0 unspecified atom stereocenters. The Kier molecular flexibility index (Phi) is 30.3. The minimum absolute atomic E-state index is 0.276. The van der Waals surface area contributed by atoms with Crippen LogP contribution in [0.5, 0.6) is 23.0 Å². The number of hydrogen-bond donors (Lipinski definition) is 1. The third-order valence-corrected chi connectivity index (χ3v) is 13.9. The predicted molar refractivity (Wildman–Crippen MR) is 323 cm³/mol. The van der Waals surface area contributed by atoms with E-state index in [-0.39, 0.29) is 5.75 Å². The summed E-state index contributed by atoms with van der Waals surface area (Å²) >= 11 is 0. The number of hydrogen-bond acceptors (Lipinski definition) is 4. The molecule has 0 aromatic heterocycles. The van der Waals surface area contributed by atoms with Gasteiger partial charge in [-0.25, -0.2) is 0 Å². The Hall–Kier alpha value is -5.74. The molecule has 0 bridgehead atoms. The van der Waals surface area contributed by atoms with Crippen molar-refractivity contribution < 1.29 is 19.3 Å². The molecule has 5 aromatic rings. The number of phenols is 1. The lowest BCUT2D eigenvalue weighted by Gasteiger charge is -2.16. The standard InChI is InChI=1S/C70H94O4/c1-4-7-10-13-16-18-20-22-25-28-55-73-69-58-66(49-43-62-38-32-60(33-39-62)35-41-64-46-52-68(53-47-64)72-54-27-24-15-12-9-6-3)70(74-56-29-26-23-21-19-17-14-11-8-5-2)57-65(69)48-42-61-36-30-59(31-37-61)34-40-63-44-50-67(71)51-45-63/h30-53,57-58,71H,4-29,54-56H2,1-3H3/b40-34+,41-35+,48-42+,49-43+. The minimum atomic E-state index is 0.276. The molecule has 4 nitrogen and oxygen atoms in total. The van der Waals surface area contributed by atoms with Gasteiger partial charge in [-0.2, -0.15) is 0 Å². The van der Waals surface area contributed by atoms with Crippen LogP contribution in [-0.4, -0.2) is 24.9 Å². The first-order chi connectivity index (χ1) is 36.5. The maximum absolute atomic E-state index is 9.67. The van der Waals surface area contributed by atoms with Gasteiger partial charge in [0.1, 0.15) is 23.0 Å². The average Bonchev–Trinajstić information content (AvgIpc) is 3.43. The summed E-state index contributed by atoms with van der Waals surface area (Å²) in [7, 11) is 0. The number of benzene rings is 5. The fourth-order valence-corrected chi connectivity index (χ4v) is 9.17. The maximum atomic E-state index is 9.67. The summed E-state index contributed by atoms with van der Waals surface area (Å²) in [5.41, 5.74) is 8.78. The minimum Gasteiger partial charge on any atom is -0.508 e. The molecule has 1 N–H and O–H groups in total. The largest absolute Gasteiger partial charge is 0.508 e. The van der Waals surface area contributed by atoms with Gasteiger partial charge >= 0.3 is 0 Å². The van der Waals surface area contributed by atoms with E-state index in [1.807, 2.05) is 12.1 Å². The van der Waals surface area contributed by atoms with Gasteiger partial charge < -0.3 is 19.3 Å². The monoisotopic (exact) mass is 999 g/mol. The van der Waals surface area contributed by atoms with E-state index < -0.39 is 0 Å². The van der Waals surface area contributed by atoms with E-state index >= 15 is 0 Å². The van der Waals surface area contributed by atoms with Crippen molar-refractivity contribution in [1.29, 1.82) is 0 Å². The smallest absolute Gasteiger partial charge is 0.127 e. The van der Waals surface area contributed by atoms with Crippen LogP contribution in [0, 0.1) is 0 Å². The van der Waals surface area contributed by atoms with Crippen LogP contribution in [0.4, 0.5) is 0 Å². The van der Waals surface area contributed by atoms with E-state index in [9.17, 15) is 5.11 Å². The summed E-state index contributed by atoms with van der Waals surface area (Å²) < 4.78 is 19.4. The fraction of sp³-hybridized carbons (Fsp3) is 0.457. The Bertz CT molecular complexity index is 2320. The van der Waals surface area contributed by atoms with Crippen molar-refractivity contribution >= 4 is 48.6 Å². The van der Waals surface area contributed by atoms with Crippen LogP contribution in [0.25, 0.3) is 48.6 Å². The van der Waals surface area contributed by atoms with Gasteiger partial charge in [-0.1, -0.05) is 290 Å². The summed E-state index contributed by atoms with van der Waals surface area (Å²) in [6, 6.07) is 37.4. The summed E-state index contributed by atoms with van der Waals surface area (Å²) in [5.74, 6) is 2.99. The SMILES string of the molecule is CCCCCCCCCCCCOc1cc(/C=C/c2ccc(/C=C/c3ccc(OCCCCCCCC)cc3)cc2)c(OCCCCCCCCCCCC)cc1/C=C/c1ccc(/C=C/c2ccc(O)cc2)cc1. The summed E-state index contributed by atoms with van der Waals surface area (Å²) in [6.45, 7) is 9.00. The first kappa shape index (κ1) is 59.1. The van der Waals surface area contributed by atoms with Crippen LogP contribution in [0.1, 0.15) is 232 Å². The molecule has 0 heterocycles. The van der Waals surface area contributed by atoms with Gasteiger partial charge in [0.25, 0.3) is 0 Å². The van der Waals surface area contributed by atoms with Crippen molar-refractivity contribution in [1.82, 2.24) is 0 Å². The molecule has 0 atom stereocenters. The highest BCUT2D eigenvalue weighted by Gasteiger charge is 2.11. The van der Waals surface area contributed by atoms with E-state index in [2.05, 4.69) is 154 Å². The molecule has 0 amide bonds. The second-order valence-corrected chi connectivity index (χ2v) is 20.4. The summed E-state index contributed by atoms with van der Waals surface area (Å²) in [6.07, 6.45) is 50.7. The van der Waals surface area contributed by atoms with Crippen molar-refractivity contribution in [2.24, 2.45) is 0 Å². The Morgan fingerprint density at radius 3 is 0.838 bits per heavy atom. The molecule has 0 saturated carbocycles. The maximum Gasteiger partial charge on any atom is 0.127 e. The first-order valence-electron chi connectivity index (χ1n) is 29.4. The zero-order valence-corrected chi connectivity index (χ0v) is 46.2. The fourth-order valence-electron chi connectivity index (χ4n) is 9.17. The summed E-state index contributed by atoms with van der Waals surface area (Å²) in [5, 5.41) is 9.67. The third-order valence-electron chi connectivity index (χ3n) is 13.9. The number of phenolic OH excluding ortho intramolecular Hbond substituents is 1. The van der Waals surface area contributed by atoms with Gasteiger partial charge in [0.15, 0.2) is 0 Å². The van der Waals surface area contributed by atoms with Crippen LogP contribution in [0.2, 0.25) is 0 Å². The molecule has 5 rings (SSSR count). The second-order valence-electron chi connectivity index (χ2n) is 20.4. The highest BCUT2D eigenvalue weighted by atomic mass is 16.5. The lowest BCUT2D eigenvalue weighted by molar-refractivity contribution is 0.295. The van der Waals surface area contributed by atoms with E-state index in [1.165, 1.54) is 148 Å². The zero-order valence-electron chi connectivity index (χ0n) is 46.2. The van der Waals surface area contributed by atoms with Gasteiger partial charge in [0.2, 0.25) is 0 Å². The zero-order chi connectivity index (χ0) is 51.9. The molecule has 0 aliphatic carbocycles. The molecule has 0 aliphatic rings. The third kappa shape index (κ3) is 25.5. The molecule has 0 radical (unpaired) electrons. The molecular formula is C70H94O4. The van der Waals surface area contributed by atoms with E-state index in [0.717, 1.165) is 87.6 Å². The molecule has 398 valence electrons. The van der Waals surface area contributed by atoms with Gasteiger partial charge in [-0.15, -0.1) is 0 Å². The van der Waals surface area contributed by atoms with Gasteiger partial charge in [-0.3, -0.25) is 0 Å².